The molecule has 0 aliphatic rings. The Labute approximate surface area is 165 Å². The van der Waals surface area contributed by atoms with Gasteiger partial charge in [0.25, 0.3) is 5.91 Å². The Kier molecular flexibility index (Phi) is 6.93. The van der Waals surface area contributed by atoms with E-state index in [1.165, 1.54) is 37.2 Å². The fourth-order valence-electron chi connectivity index (χ4n) is 2.45. The Balaban J connectivity index is 2.05. The van der Waals surface area contributed by atoms with E-state index in [9.17, 15) is 18.0 Å². The van der Waals surface area contributed by atoms with E-state index in [-0.39, 0.29) is 16.4 Å². The van der Waals surface area contributed by atoms with Crippen LogP contribution in [0.1, 0.15) is 21.5 Å². The van der Waals surface area contributed by atoms with Crippen LogP contribution in [-0.2, 0) is 26.1 Å². The highest BCUT2D eigenvalue weighted by molar-refractivity contribution is 7.89. The number of esters is 1. The van der Waals surface area contributed by atoms with Crippen LogP contribution >= 0.6 is 0 Å². The van der Waals surface area contributed by atoms with E-state index in [0.29, 0.717) is 12.1 Å². The average molecular weight is 404 g/mol. The third-order valence-electron chi connectivity index (χ3n) is 4.22. The number of hydrogen-bond acceptors (Lipinski definition) is 5. The Morgan fingerprint density at radius 2 is 1.64 bits per heavy atom. The van der Waals surface area contributed by atoms with Gasteiger partial charge in [0.15, 0.2) is 6.61 Å². The largest absolute Gasteiger partial charge is 0.452 e. The van der Waals surface area contributed by atoms with E-state index in [0.717, 1.165) is 9.87 Å². The molecule has 0 atom stereocenters. The fraction of sp³-hybridized carbons (Fsp3) is 0.300. The van der Waals surface area contributed by atoms with E-state index in [1.54, 1.807) is 14.0 Å². The standard InChI is InChI=1S/C20H24N2O5S/c1-15-10-11-17(28(25,26)21(2)3)12-18(15)20(24)27-14-19(23)22(4)13-16-8-6-5-7-9-16/h5-12H,13-14H2,1-4H3. The van der Waals surface area contributed by atoms with Crippen molar-refractivity contribution in [3.8, 4) is 0 Å². The SMILES string of the molecule is Cc1ccc(S(=O)(=O)N(C)C)cc1C(=O)OCC(=O)N(C)Cc1ccccc1. The van der Waals surface area contributed by atoms with Gasteiger partial charge in [0.1, 0.15) is 0 Å². The van der Waals surface area contributed by atoms with Crippen LogP contribution in [0.2, 0.25) is 0 Å². The minimum absolute atomic E-state index is 0.0115. The number of carbonyl (C=O) groups is 2. The molecule has 0 radical (unpaired) electrons. The molecule has 0 spiro atoms. The van der Waals surface area contributed by atoms with Gasteiger partial charge in [-0.2, -0.15) is 0 Å². The predicted molar refractivity (Wildman–Crippen MR) is 105 cm³/mol. The summed E-state index contributed by atoms with van der Waals surface area (Å²) in [4.78, 5) is 26.1. The summed E-state index contributed by atoms with van der Waals surface area (Å²) < 4.78 is 30.7. The number of hydrogen-bond donors (Lipinski definition) is 0. The van der Waals surface area contributed by atoms with Gasteiger partial charge in [-0.1, -0.05) is 36.4 Å². The van der Waals surface area contributed by atoms with Gasteiger partial charge in [0, 0.05) is 27.7 Å². The lowest BCUT2D eigenvalue weighted by atomic mass is 10.1. The zero-order valence-electron chi connectivity index (χ0n) is 16.4. The highest BCUT2D eigenvalue weighted by atomic mass is 32.2. The molecule has 0 aliphatic heterocycles. The van der Waals surface area contributed by atoms with Gasteiger partial charge in [0.2, 0.25) is 10.0 Å². The number of ether oxygens (including phenoxy) is 1. The molecule has 2 aromatic carbocycles. The topological polar surface area (TPSA) is 84.0 Å². The van der Waals surface area contributed by atoms with E-state index in [1.807, 2.05) is 30.3 Å². The normalized spacial score (nSPS) is 11.3. The Morgan fingerprint density at radius 3 is 2.25 bits per heavy atom. The summed E-state index contributed by atoms with van der Waals surface area (Å²) in [5.74, 6) is -1.10. The molecule has 2 aromatic rings. The van der Waals surface area contributed by atoms with Crippen LogP contribution in [0.25, 0.3) is 0 Å². The molecular weight excluding hydrogens is 380 g/mol. The van der Waals surface area contributed by atoms with Crippen LogP contribution in [0.5, 0.6) is 0 Å². The molecule has 7 nitrogen and oxygen atoms in total. The first kappa shape index (κ1) is 21.6. The molecule has 0 bridgehead atoms. The minimum atomic E-state index is -3.68. The van der Waals surface area contributed by atoms with Gasteiger partial charge >= 0.3 is 5.97 Å². The number of likely N-dealkylation sites (N-methyl/N-ethyl adjacent to an activating group) is 1. The molecule has 28 heavy (non-hydrogen) atoms. The Bertz CT molecular complexity index is 956. The summed E-state index contributed by atoms with van der Waals surface area (Å²) in [5.41, 5.74) is 1.64. The van der Waals surface area contributed by atoms with Crippen LogP contribution in [-0.4, -0.2) is 57.2 Å². The van der Waals surface area contributed by atoms with E-state index in [4.69, 9.17) is 4.74 Å². The van der Waals surface area contributed by atoms with Crippen molar-refractivity contribution in [2.24, 2.45) is 0 Å². The molecule has 0 N–H and O–H groups in total. The van der Waals surface area contributed by atoms with Crippen LogP contribution in [0.15, 0.2) is 53.4 Å². The summed E-state index contributed by atoms with van der Waals surface area (Å²) in [6, 6.07) is 13.7. The molecule has 0 aliphatic carbocycles. The molecule has 2 rings (SSSR count). The molecule has 0 fully saturated rings. The Morgan fingerprint density at radius 1 is 1.00 bits per heavy atom. The van der Waals surface area contributed by atoms with E-state index >= 15 is 0 Å². The van der Waals surface area contributed by atoms with Crippen molar-refractivity contribution in [2.75, 3.05) is 27.7 Å². The molecule has 0 unspecified atom stereocenters. The molecule has 0 aromatic heterocycles. The average Bonchev–Trinajstić information content (AvgIpc) is 2.66. The van der Waals surface area contributed by atoms with Crippen LogP contribution < -0.4 is 0 Å². The van der Waals surface area contributed by atoms with Crippen LogP contribution in [0, 0.1) is 6.92 Å². The summed E-state index contributed by atoms with van der Waals surface area (Å²) in [7, 11) is 0.767. The van der Waals surface area contributed by atoms with E-state index < -0.39 is 22.6 Å². The van der Waals surface area contributed by atoms with Crippen molar-refractivity contribution in [1.29, 1.82) is 0 Å². The third-order valence-corrected chi connectivity index (χ3v) is 6.03. The second kappa shape index (κ2) is 8.99. The lowest BCUT2D eigenvalue weighted by Crippen LogP contribution is -2.31. The Hall–Kier alpha value is -2.71. The molecule has 8 heteroatoms. The first-order chi connectivity index (χ1) is 13.1. The highest BCUT2D eigenvalue weighted by Gasteiger charge is 2.21. The molecule has 0 saturated heterocycles. The first-order valence-electron chi connectivity index (χ1n) is 8.61. The van der Waals surface area contributed by atoms with Crippen molar-refractivity contribution in [3.05, 3.63) is 65.2 Å². The predicted octanol–water partition coefficient (Wildman–Crippen LogP) is 2.06. The maximum atomic E-state index is 12.4. The summed E-state index contributed by atoms with van der Waals surface area (Å²) in [6.45, 7) is 1.64. The zero-order chi connectivity index (χ0) is 20.9. The summed E-state index contributed by atoms with van der Waals surface area (Å²) in [6.07, 6.45) is 0. The van der Waals surface area contributed by atoms with Gasteiger partial charge in [-0.05, 0) is 30.2 Å². The van der Waals surface area contributed by atoms with Crippen molar-refractivity contribution >= 4 is 21.9 Å². The lowest BCUT2D eigenvalue weighted by molar-refractivity contribution is -0.133. The smallest absolute Gasteiger partial charge is 0.338 e. The maximum Gasteiger partial charge on any atom is 0.338 e. The molecule has 150 valence electrons. The van der Waals surface area contributed by atoms with Crippen molar-refractivity contribution in [1.82, 2.24) is 9.21 Å². The summed E-state index contributed by atoms with van der Waals surface area (Å²) in [5, 5.41) is 0. The maximum absolute atomic E-state index is 12.4. The van der Waals surface area contributed by atoms with E-state index in [2.05, 4.69) is 0 Å². The second-order valence-electron chi connectivity index (χ2n) is 6.58. The number of rotatable bonds is 7. The molecule has 1 amide bonds. The van der Waals surface area contributed by atoms with Crippen molar-refractivity contribution in [2.45, 2.75) is 18.4 Å². The number of nitrogens with zero attached hydrogens (tertiary/aromatic N) is 2. The quantitative estimate of drug-likeness (QED) is 0.660. The van der Waals surface area contributed by atoms with Gasteiger partial charge in [-0.3, -0.25) is 4.79 Å². The monoisotopic (exact) mass is 404 g/mol. The van der Waals surface area contributed by atoms with Crippen molar-refractivity contribution < 1.29 is 22.7 Å². The number of sulfonamides is 1. The van der Waals surface area contributed by atoms with Gasteiger partial charge in [-0.25, -0.2) is 17.5 Å². The van der Waals surface area contributed by atoms with Crippen molar-refractivity contribution in [3.63, 3.8) is 0 Å². The van der Waals surface area contributed by atoms with Crippen LogP contribution in [0.4, 0.5) is 0 Å². The molecular formula is C20H24N2O5S. The molecule has 0 heterocycles. The second-order valence-corrected chi connectivity index (χ2v) is 8.73. The highest BCUT2D eigenvalue weighted by Crippen LogP contribution is 2.19. The number of aryl methyl sites for hydroxylation is 1. The zero-order valence-corrected chi connectivity index (χ0v) is 17.2. The number of amides is 1. The number of carbonyl (C=O) groups excluding carboxylic acids is 2. The van der Waals surface area contributed by atoms with Gasteiger partial charge < -0.3 is 9.64 Å². The van der Waals surface area contributed by atoms with Gasteiger partial charge in [0.05, 0.1) is 10.5 Å². The number of benzene rings is 2. The fourth-order valence-corrected chi connectivity index (χ4v) is 3.38. The third kappa shape index (κ3) is 5.17. The van der Waals surface area contributed by atoms with Gasteiger partial charge in [-0.15, -0.1) is 0 Å². The summed E-state index contributed by atoms with van der Waals surface area (Å²) >= 11 is 0. The lowest BCUT2D eigenvalue weighted by Gasteiger charge is -2.17. The first-order valence-corrected chi connectivity index (χ1v) is 10.0. The molecule has 0 saturated carbocycles. The van der Waals surface area contributed by atoms with Crippen LogP contribution in [0.3, 0.4) is 0 Å². The minimum Gasteiger partial charge on any atom is -0.452 e.